The Morgan fingerprint density at radius 1 is 1.14 bits per heavy atom. The molecule has 4 unspecified atom stereocenters. The molecule has 0 N–H and O–H groups in total. The molecule has 0 saturated carbocycles. The van der Waals surface area contributed by atoms with E-state index in [4.69, 9.17) is 9.47 Å². The molecule has 120 valence electrons. The van der Waals surface area contributed by atoms with E-state index < -0.39 is 0 Å². The maximum Gasteiger partial charge on any atom is 0.334 e. The number of carbonyl (C=O) groups is 2. The Kier molecular flexibility index (Phi) is 5.58. The summed E-state index contributed by atoms with van der Waals surface area (Å²) < 4.78 is 10.6. The molecule has 2 aliphatic heterocycles. The van der Waals surface area contributed by atoms with Crippen molar-refractivity contribution in [3.63, 3.8) is 0 Å². The lowest BCUT2D eigenvalue weighted by Gasteiger charge is -2.29. The standard InChI is InChI=1S/C18H24O4/c1-4-14-9-8-13(17(19)21-14)7-6-12(3)16-11-10-15(5-2)22-18(16)20/h4-5,7,12,14-16H,1-2,6,8-11H2,3H3/b13-7+. The van der Waals surface area contributed by atoms with Crippen LogP contribution in [-0.2, 0) is 19.1 Å². The van der Waals surface area contributed by atoms with Crippen molar-refractivity contribution in [2.45, 2.75) is 51.2 Å². The lowest BCUT2D eigenvalue weighted by Crippen LogP contribution is -2.33. The van der Waals surface area contributed by atoms with Crippen LogP contribution in [-0.4, -0.2) is 24.1 Å². The molecule has 2 heterocycles. The van der Waals surface area contributed by atoms with E-state index in [0.717, 1.165) is 19.3 Å². The summed E-state index contributed by atoms with van der Waals surface area (Å²) in [6.07, 6.45) is 8.72. The van der Waals surface area contributed by atoms with Crippen LogP contribution >= 0.6 is 0 Å². The maximum absolute atomic E-state index is 12.0. The van der Waals surface area contributed by atoms with E-state index in [-0.39, 0.29) is 36.0 Å². The third kappa shape index (κ3) is 3.87. The zero-order valence-electron chi connectivity index (χ0n) is 13.1. The van der Waals surface area contributed by atoms with E-state index in [1.165, 1.54) is 0 Å². The first-order valence-corrected chi connectivity index (χ1v) is 7.90. The van der Waals surface area contributed by atoms with Gasteiger partial charge in [0, 0.05) is 5.57 Å². The van der Waals surface area contributed by atoms with Gasteiger partial charge in [0.2, 0.25) is 0 Å². The Hall–Kier alpha value is -1.84. The Morgan fingerprint density at radius 3 is 2.41 bits per heavy atom. The molecule has 0 bridgehead atoms. The van der Waals surface area contributed by atoms with Crippen molar-refractivity contribution < 1.29 is 19.1 Å². The minimum Gasteiger partial charge on any atom is -0.458 e. The average Bonchev–Trinajstić information content (AvgIpc) is 2.53. The van der Waals surface area contributed by atoms with Gasteiger partial charge in [0.1, 0.15) is 12.2 Å². The molecule has 2 saturated heterocycles. The highest BCUT2D eigenvalue weighted by atomic mass is 16.5. The topological polar surface area (TPSA) is 52.6 Å². The van der Waals surface area contributed by atoms with E-state index in [1.54, 1.807) is 12.2 Å². The first kappa shape index (κ1) is 16.5. The zero-order chi connectivity index (χ0) is 16.1. The lowest BCUT2D eigenvalue weighted by molar-refractivity contribution is -0.159. The molecule has 0 aromatic rings. The van der Waals surface area contributed by atoms with E-state index in [0.29, 0.717) is 18.4 Å². The number of allylic oxidation sites excluding steroid dienone is 1. The third-order valence-corrected chi connectivity index (χ3v) is 4.50. The summed E-state index contributed by atoms with van der Waals surface area (Å²) in [4.78, 5) is 23.9. The third-order valence-electron chi connectivity index (χ3n) is 4.50. The summed E-state index contributed by atoms with van der Waals surface area (Å²) in [5.74, 6) is -0.370. The quantitative estimate of drug-likeness (QED) is 0.444. The van der Waals surface area contributed by atoms with Crippen molar-refractivity contribution in [2.75, 3.05) is 0 Å². The fraction of sp³-hybridized carbons (Fsp3) is 0.556. The first-order valence-electron chi connectivity index (χ1n) is 7.90. The van der Waals surface area contributed by atoms with Crippen LogP contribution in [0.1, 0.15) is 39.0 Å². The van der Waals surface area contributed by atoms with E-state index in [2.05, 4.69) is 13.2 Å². The Balaban J connectivity index is 1.89. The van der Waals surface area contributed by atoms with Gasteiger partial charge < -0.3 is 9.47 Å². The van der Waals surface area contributed by atoms with E-state index in [9.17, 15) is 9.59 Å². The van der Waals surface area contributed by atoms with Crippen LogP contribution in [0.15, 0.2) is 37.0 Å². The summed E-state index contributed by atoms with van der Waals surface area (Å²) in [6.45, 7) is 9.33. The van der Waals surface area contributed by atoms with Gasteiger partial charge in [-0.1, -0.05) is 38.3 Å². The van der Waals surface area contributed by atoms with E-state index >= 15 is 0 Å². The van der Waals surface area contributed by atoms with Crippen LogP contribution in [0.25, 0.3) is 0 Å². The number of cyclic esters (lactones) is 2. The maximum atomic E-state index is 12.0. The molecule has 0 aromatic carbocycles. The van der Waals surface area contributed by atoms with Crippen LogP contribution in [0.4, 0.5) is 0 Å². The van der Waals surface area contributed by atoms with Gasteiger partial charge in [-0.05, 0) is 38.0 Å². The SMILES string of the molecule is C=CC1CC/C(=C\CC(C)C2CCC(C=C)OC2=O)C(=O)O1. The fourth-order valence-corrected chi connectivity index (χ4v) is 2.96. The van der Waals surface area contributed by atoms with Gasteiger partial charge in [-0.2, -0.15) is 0 Å². The van der Waals surface area contributed by atoms with Gasteiger partial charge in [-0.3, -0.25) is 4.79 Å². The summed E-state index contributed by atoms with van der Waals surface area (Å²) in [7, 11) is 0. The minimum absolute atomic E-state index is 0.103. The normalized spacial score (nSPS) is 32.0. The van der Waals surface area contributed by atoms with Crippen LogP contribution < -0.4 is 0 Å². The van der Waals surface area contributed by atoms with Crippen molar-refractivity contribution >= 4 is 11.9 Å². The molecule has 4 heteroatoms. The Morgan fingerprint density at radius 2 is 1.82 bits per heavy atom. The smallest absolute Gasteiger partial charge is 0.334 e. The second-order valence-electron chi connectivity index (χ2n) is 6.06. The second kappa shape index (κ2) is 7.43. The molecule has 0 aromatic heterocycles. The van der Waals surface area contributed by atoms with Gasteiger partial charge in [0.05, 0.1) is 5.92 Å². The molecule has 2 aliphatic rings. The van der Waals surface area contributed by atoms with Gasteiger partial charge in [0.25, 0.3) is 0 Å². The summed E-state index contributed by atoms with van der Waals surface area (Å²) in [5.41, 5.74) is 0.707. The Bertz CT molecular complexity index is 491. The van der Waals surface area contributed by atoms with Crippen LogP contribution in [0.5, 0.6) is 0 Å². The number of hydrogen-bond acceptors (Lipinski definition) is 4. The van der Waals surface area contributed by atoms with Gasteiger partial charge in [-0.15, -0.1) is 0 Å². The van der Waals surface area contributed by atoms with Gasteiger partial charge in [-0.25, -0.2) is 4.79 Å². The van der Waals surface area contributed by atoms with Crippen molar-refractivity contribution in [1.82, 2.24) is 0 Å². The summed E-state index contributed by atoms with van der Waals surface area (Å²) in [6, 6.07) is 0. The number of rotatable bonds is 5. The first-order chi connectivity index (χ1) is 10.5. The number of carbonyl (C=O) groups excluding carboxylic acids is 2. The largest absolute Gasteiger partial charge is 0.458 e. The van der Waals surface area contributed by atoms with Crippen molar-refractivity contribution in [3.8, 4) is 0 Å². The predicted molar refractivity (Wildman–Crippen MR) is 84.0 cm³/mol. The summed E-state index contributed by atoms with van der Waals surface area (Å²) >= 11 is 0. The number of hydrogen-bond donors (Lipinski definition) is 0. The summed E-state index contributed by atoms with van der Waals surface area (Å²) in [5, 5.41) is 0. The minimum atomic E-state index is -0.263. The fourth-order valence-electron chi connectivity index (χ4n) is 2.96. The monoisotopic (exact) mass is 304 g/mol. The lowest BCUT2D eigenvalue weighted by atomic mass is 9.84. The van der Waals surface area contributed by atoms with Crippen molar-refractivity contribution in [2.24, 2.45) is 11.8 Å². The highest BCUT2D eigenvalue weighted by molar-refractivity contribution is 5.89. The Labute approximate surface area is 131 Å². The molecular formula is C18H24O4. The van der Waals surface area contributed by atoms with Crippen molar-refractivity contribution in [3.05, 3.63) is 37.0 Å². The zero-order valence-corrected chi connectivity index (χ0v) is 13.1. The molecule has 0 radical (unpaired) electrons. The second-order valence-corrected chi connectivity index (χ2v) is 6.06. The molecule has 4 atom stereocenters. The molecule has 2 rings (SSSR count). The van der Waals surface area contributed by atoms with Gasteiger partial charge >= 0.3 is 11.9 Å². The van der Waals surface area contributed by atoms with Crippen LogP contribution in [0.3, 0.4) is 0 Å². The molecule has 0 spiro atoms. The molecule has 2 fully saturated rings. The van der Waals surface area contributed by atoms with Crippen LogP contribution in [0.2, 0.25) is 0 Å². The highest BCUT2D eigenvalue weighted by Crippen LogP contribution is 2.30. The highest BCUT2D eigenvalue weighted by Gasteiger charge is 2.32. The van der Waals surface area contributed by atoms with E-state index in [1.807, 2.05) is 13.0 Å². The predicted octanol–water partition coefficient (Wildman–Crippen LogP) is 3.34. The number of ether oxygens (including phenoxy) is 2. The molecule has 22 heavy (non-hydrogen) atoms. The average molecular weight is 304 g/mol. The molecular weight excluding hydrogens is 280 g/mol. The van der Waals surface area contributed by atoms with Crippen LogP contribution in [0, 0.1) is 11.8 Å². The molecule has 0 aliphatic carbocycles. The van der Waals surface area contributed by atoms with Gasteiger partial charge in [0.15, 0.2) is 0 Å². The van der Waals surface area contributed by atoms with Crippen molar-refractivity contribution in [1.29, 1.82) is 0 Å². The molecule has 4 nitrogen and oxygen atoms in total. The molecule has 0 amide bonds. The number of esters is 2.